The number of hydrogen-bond donors (Lipinski definition) is 0. The summed E-state index contributed by atoms with van der Waals surface area (Å²) in [5, 5.41) is 3.91. The topological polar surface area (TPSA) is 66.3 Å². The molecule has 0 spiro atoms. The zero-order valence-electron chi connectivity index (χ0n) is 15.2. The van der Waals surface area contributed by atoms with Crippen LogP contribution in [0.3, 0.4) is 0 Å². The number of para-hydroxylation sites is 1. The number of benzene rings is 2. The second-order valence-electron chi connectivity index (χ2n) is 5.31. The second-order valence-corrected chi connectivity index (χ2v) is 5.31. The maximum absolute atomic E-state index is 11.5. The minimum absolute atomic E-state index is 0.0380. The number of rotatable bonds is 10. The smallest absolute Gasteiger partial charge is 0.163 e. The first-order chi connectivity index (χ1) is 12.7. The van der Waals surface area contributed by atoms with Crippen LogP contribution in [0, 0.1) is 0 Å². The van der Waals surface area contributed by atoms with Crippen LogP contribution in [0.5, 0.6) is 17.2 Å². The summed E-state index contributed by atoms with van der Waals surface area (Å²) in [4.78, 5) is 16.7. The second kappa shape index (κ2) is 10.1. The summed E-state index contributed by atoms with van der Waals surface area (Å²) < 4.78 is 16.3. The predicted octanol–water partition coefficient (Wildman–Crippen LogP) is 3.73. The van der Waals surface area contributed by atoms with Crippen LogP contribution in [-0.4, -0.2) is 38.9 Å². The van der Waals surface area contributed by atoms with Gasteiger partial charge in [0.25, 0.3) is 0 Å². The molecule has 0 unspecified atom stereocenters. The van der Waals surface area contributed by atoms with E-state index in [1.54, 1.807) is 31.5 Å². The Kier molecular flexibility index (Phi) is 7.49. The molecular weight excluding hydrogens is 334 g/mol. The molecule has 0 N–H and O–H groups in total. The molecule has 0 saturated carbocycles. The molecule has 0 bridgehead atoms. The molecule has 2 aromatic carbocycles. The molecule has 0 aliphatic rings. The summed E-state index contributed by atoms with van der Waals surface area (Å²) in [6.07, 6.45) is 1.59. The molecule has 6 heteroatoms. The third kappa shape index (κ3) is 5.51. The number of carbonyl (C=O) groups excluding carboxylic acids is 1. The lowest BCUT2D eigenvalue weighted by atomic mass is 10.1. The number of hydrogen-bond acceptors (Lipinski definition) is 6. The SMILES string of the molecule is CCOc1ccc(C=NOCCOc2ccccc2C(C)=O)cc1OC. The molecule has 0 atom stereocenters. The van der Waals surface area contributed by atoms with Gasteiger partial charge in [0.1, 0.15) is 12.4 Å². The summed E-state index contributed by atoms with van der Waals surface area (Å²) in [6, 6.07) is 12.6. The van der Waals surface area contributed by atoms with Gasteiger partial charge < -0.3 is 19.0 Å². The van der Waals surface area contributed by atoms with E-state index in [2.05, 4.69) is 5.16 Å². The van der Waals surface area contributed by atoms with Gasteiger partial charge in [-0.15, -0.1) is 0 Å². The Balaban J connectivity index is 1.82. The lowest BCUT2D eigenvalue weighted by molar-refractivity contribution is 0.0987. The molecule has 0 aliphatic heterocycles. The van der Waals surface area contributed by atoms with Gasteiger partial charge in [-0.05, 0) is 44.2 Å². The average Bonchev–Trinajstić information content (AvgIpc) is 2.65. The van der Waals surface area contributed by atoms with Gasteiger partial charge in [-0.1, -0.05) is 17.3 Å². The van der Waals surface area contributed by atoms with Gasteiger partial charge in [-0.2, -0.15) is 0 Å². The first-order valence-electron chi connectivity index (χ1n) is 8.34. The van der Waals surface area contributed by atoms with Crippen molar-refractivity contribution < 1.29 is 23.8 Å². The Morgan fingerprint density at radius 3 is 2.58 bits per heavy atom. The molecule has 0 radical (unpaired) electrons. The first-order valence-corrected chi connectivity index (χ1v) is 8.34. The van der Waals surface area contributed by atoms with Gasteiger partial charge in [0, 0.05) is 5.56 Å². The highest BCUT2D eigenvalue weighted by atomic mass is 16.6. The Morgan fingerprint density at radius 2 is 1.85 bits per heavy atom. The van der Waals surface area contributed by atoms with Crippen LogP contribution in [0.25, 0.3) is 0 Å². The van der Waals surface area contributed by atoms with Crippen LogP contribution in [0.4, 0.5) is 0 Å². The highest BCUT2D eigenvalue weighted by molar-refractivity contribution is 5.96. The van der Waals surface area contributed by atoms with E-state index in [1.165, 1.54) is 6.92 Å². The normalized spacial score (nSPS) is 10.6. The molecule has 0 fully saturated rings. The van der Waals surface area contributed by atoms with Crippen molar-refractivity contribution in [1.82, 2.24) is 0 Å². The van der Waals surface area contributed by atoms with Crippen molar-refractivity contribution >= 4 is 12.0 Å². The lowest BCUT2D eigenvalue weighted by Gasteiger charge is -2.09. The molecule has 2 rings (SSSR count). The largest absolute Gasteiger partial charge is 0.493 e. The molecule has 0 saturated heterocycles. The van der Waals surface area contributed by atoms with Gasteiger partial charge in [0.15, 0.2) is 23.9 Å². The van der Waals surface area contributed by atoms with E-state index < -0.39 is 0 Å². The fourth-order valence-corrected chi connectivity index (χ4v) is 2.26. The van der Waals surface area contributed by atoms with Gasteiger partial charge in [-0.3, -0.25) is 4.79 Å². The Morgan fingerprint density at radius 1 is 1.04 bits per heavy atom. The summed E-state index contributed by atoms with van der Waals surface area (Å²) in [7, 11) is 1.59. The number of nitrogens with zero attached hydrogens (tertiary/aromatic N) is 1. The van der Waals surface area contributed by atoms with E-state index >= 15 is 0 Å². The molecule has 2 aromatic rings. The molecule has 0 aliphatic carbocycles. The van der Waals surface area contributed by atoms with E-state index in [4.69, 9.17) is 19.0 Å². The van der Waals surface area contributed by atoms with Gasteiger partial charge in [0.05, 0.1) is 25.5 Å². The van der Waals surface area contributed by atoms with E-state index in [0.717, 1.165) is 5.56 Å². The summed E-state index contributed by atoms with van der Waals surface area (Å²) in [5.41, 5.74) is 1.38. The Hall–Kier alpha value is -3.02. The number of ketones is 1. The zero-order valence-corrected chi connectivity index (χ0v) is 15.2. The summed E-state index contributed by atoms with van der Waals surface area (Å²) in [5.74, 6) is 1.83. The first kappa shape index (κ1) is 19.3. The van der Waals surface area contributed by atoms with E-state index in [-0.39, 0.29) is 19.0 Å². The van der Waals surface area contributed by atoms with E-state index in [0.29, 0.717) is 29.4 Å². The maximum Gasteiger partial charge on any atom is 0.163 e. The quantitative estimate of drug-likeness (QED) is 0.281. The van der Waals surface area contributed by atoms with Crippen molar-refractivity contribution in [3.63, 3.8) is 0 Å². The fourth-order valence-electron chi connectivity index (χ4n) is 2.26. The van der Waals surface area contributed by atoms with Gasteiger partial charge >= 0.3 is 0 Å². The number of ether oxygens (including phenoxy) is 3. The van der Waals surface area contributed by atoms with Gasteiger partial charge in [0.2, 0.25) is 0 Å². The van der Waals surface area contributed by atoms with Crippen molar-refractivity contribution in [1.29, 1.82) is 0 Å². The molecule has 138 valence electrons. The Labute approximate surface area is 153 Å². The highest BCUT2D eigenvalue weighted by Crippen LogP contribution is 2.27. The Bertz CT molecular complexity index is 758. The van der Waals surface area contributed by atoms with Crippen molar-refractivity contribution in [2.45, 2.75) is 13.8 Å². The van der Waals surface area contributed by atoms with Crippen LogP contribution < -0.4 is 14.2 Å². The van der Waals surface area contributed by atoms with Crippen molar-refractivity contribution in [3.8, 4) is 17.2 Å². The van der Waals surface area contributed by atoms with Crippen LogP contribution in [-0.2, 0) is 4.84 Å². The molecule has 0 heterocycles. The van der Waals surface area contributed by atoms with Gasteiger partial charge in [-0.25, -0.2) is 0 Å². The minimum atomic E-state index is -0.0380. The monoisotopic (exact) mass is 357 g/mol. The molecule has 26 heavy (non-hydrogen) atoms. The number of Topliss-reactive ketones (excluding diaryl/α,β-unsaturated/α-hetero) is 1. The third-order valence-electron chi connectivity index (χ3n) is 3.46. The third-order valence-corrected chi connectivity index (χ3v) is 3.46. The van der Waals surface area contributed by atoms with Crippen LogP contribution in [0.2, 0.25) is 0 Å². The van der Waals surface area contributed by atoms with Crippen LogP contribution in [0.1, 0.15) is 29.8 Å². The van der Waals surface area contributed by atoms with Crippen LogP contribution >= 0.6 is 0 Å². The summed E-state index contributed by atoms with van der Waals surface area (Å²) in [6.45, 7) is 4.54. The predicted molar refractivity (Wildman–Crippen MR) is 99.7 cm³/mol. The molecule has 6 nitrogen and oxygen atoms in total. The number of carbonyl (C=O) groups is 1. The van der Waals surface area contributed by atoms with Crippen molar-refractivity contribution in [3.05, 3.63) is 53.6 Å². The standard InChI is InChI=1S/C20H23NO5/c1-4-24-19-10-9-16(13-20(19)23-3)14-21-26-12-11-25-18-8-6-5-7-17(18)15(2)22/h5-10,13-14H,4,11-12H2,1-3H3. The number of methoxy groups -OCH3 is 1. The maximum atomic E-state index is 11.5. The van der Waals surface area contributed by atoms with Crippen molar-refractivity contribution in [2.24, 2.45) is 5.16 Å². The number of oxime groups is 1. The van der Waals surface area contributed by atoms with Crippen molar-refractivity contribution in [2.75, 3.05) is 26.9 Å². The van der Waals surface area contributed by atoms with E-state index in [9.17, 15) is 4.79 Å². The average molecular weight is 357 g/mol. The zero-order chi connectivity index (χ0) is 18.8. The highest BCUT2D eigenvalue weighted by Gasteiger charge is 2.07. The molecule has 0 aromatic heterocycles. The lowest BCUT2D eigenvalue weighted by Crippen LogP contribution is -2.07. The van der Waals surface area contributed by atoms with E-state index in [1.807, 2.05) is 31.2 Å². The van der Waals surface area contributed by atoms with Crippen LogP contribution in [0.15, 0.2) is 47.6 Å². The minimum Gasteiger partial charge on any atom is -0.493 e. The molecular formula is C20H23NO5. The summed E-state index contributed by atoms with van der Waals surface area (Å²) >= 11 is 0. The fraction of sp³-hybridized carbons (Fsp3) is 0.300. The molecule has 0 amide bonds.